The van der Waals surface area contributed by atoms with Gasteiger partial charge in [-0.2, -0.15) is 0 Å². The maximum atomic E-state index is 12.5. The van der Waals surface area contributed by atoms with Crippen LogP contribution >= 0.6 is 15.9 Å². The van der Waals surface area contributed by atoms with Crippen molar-refractivity contribution in [3.63, 3.8) is 0 Å². The number of benzene rings is 1. The number of carbonyl (C=O) groups is 1. The van der Waals surface area contributed by atoms with Crippen LogP contribution in [0.25, 0.3) is 0 Å². The zero-order valence-electron chi connectivity index (χ0n) is 11.6. The highest BCUT2D eigenvalue weighted by Crippen LogP contribution is 2.34. The summed E-state index contributed by atoms with van der Waals surface area (Å²) in [6.45, 7) is 6.68. The molecule has 2 rings (SSSR count). The Balaban J connectivity index is 2.18. The monoisotopic (exact) mass is 325 g/mol. The first-order chi connectivity index (χ1) is 8.92. The van der Waals surface area contributed by atoms with Crippen molar-refractivity contribution >= 4 is 21.8 Å². The van der Waals surface area contributed by atoms with Crippen LogP contribution in [0, 0.1) is 0 Å². The molecule has 1 amide bonds. The minimum absolute atomic E-state index is 0.0760. The minimum Gasteiger partial charge on any atom is -0.493 e. The second-order valence-electron chi connectivity index (χ2n) is 5.55. The lowest BCUT2D eigenvalue weighted by molar-refractivity contribution is -0.124. The van der Waals surface area contributed by atoms with E-state index in [-0.39, 0.29) is 22.2 Å². The molecule has 4 heteroatoms. The summed E-state index contributed by atoms with van der Waals surface area (Å²) in [5.74, 6) is 0.793. The van der Waals surface area contributed by atoms with Crippen LogP contribution in [0.3, 0.4) is 0 Å². The van der Waals surface area contributed by atoms with Crippen molar-refractivity contribution in [2.45, 2.75) is 43.5 Å². The molecule has 1 heterocycles. The lowest BCUT2D eigenvalue weighted by Gasteiger charge is -2.33. The molecule has 1 aliphatic rings. The number of amides is 1. The first-order valence-corrected chi connectivity index (χ1v) is 7.51. The van der Waals surface area contributed by atoms with Gasteiger partial charge in [0.15, 0.2) is 0 Å². The van der Waals surface area contributed by atoms with Crippen LogP contribution < -0.4 is 10.1 Å². The van der Waals surface area contributed by atoms with Gasteiger partial charge in [-0.05, 0) is 26.3 Å². The van der Waals surface area contributed by atoms with Gasteiger partial charge in [0.2, 0.25) is 5.91 Å². The van der Waals surface area contributed by atoms with Crippen LogP contribution in [0.1, 0.15) is 38.7 Å². The molecular formula is C15H20BrNO2. The number of alkyl halides is 1. The topological polar surface area (TPSA) is 38.3 Å². The lowest BCUT2D eigenvalue weighted by atomic mass is 9.90. The van der Waals surface area contributed by atoms with E-state index in [0.717, 1.165) is 17.7 Å². The van der Waals surface area contributed by atoms with E-state index in [9.17, 15) is 4.79 Å². The van der Waals surface area contributed by atoms with Crippen molar-refractivity contribution in [2.24, 2.45) is 0 Å². The molecule has 0 fully saturated rings. The van der Waals surface area contributed by atoms with Gasteiger partial charge in [-0.1, -0.05) is 41.1 Å². The Morgan fingerprint density at radius 3 is 2.84 bits per heavy atom. The number of ether oxygens (including phenoxy) is 1. The van der Waals surface area contributed by atoms with Gasteiger partial charge in [-0.3, -0.25) is 4.79 Å². The first-order valence-electron chi connectivity index (χ1n) is 6.59. The van der Waals surface area contributed by atoms with Gasteiger partial charge in [0, 0.05) is 15.9 Å². The second kappa shape index (κ2) is 5.53. The van der Waals surface area contributed by atoms with Crippen molar-refractivity contribution in [3.8, 4) is 5.75 Å². The summed E-state index contributed by atoms with van der Waals surface area (Å²) in [4.78, 5) is 12.7. The van der Waals surface area contributed by atoms with Crippen molar-refractivity contribution in [2.75, 3.05) is 6.61 Å². The average molecular weight is 326 g/mol. The van der Waals surface area contributed by atoms with Crippen LogP contribution in [0.15, 0.2) is 24.3 Å². The molecule has 2 unspecified atom stereocenters. The van der Waals surface area contributed by atoms with Gasteiger partial charge in [0.25, 0.3) is 0 Å². The largest absolute Gasteiger partial charge is 0.493 e. The van der Waals surface area contributed by atoms with Crippen molar-refractivity contribution in [1.82, 2.24) is 5.32 Å². The number of rotatable bonds is 3. The first kappa shape index (κ1) is 14.4. The van der Waals surface area contributed by atoms with Gasteiger partial charge in [-0.25, -0.2) is 0 Å². The lowest BCUT2D eigenvalue weighted by Crippen LogP contribution is -2.50. The molecule has 1 N–H and O–H groups in total. The summed E-state index contributed by atoms with van der Waals surface area (Å²) >= 11 is 3.54. The van der Waals surface area contributed by atoms with Crippen LogP contribution in [0.2, 0.25) is 0 Å². The molecule has 3 nitrogen and oxygen atoms in total. The normalized spacial score (nSPS) is 20.1. The van der Waals surface area contributed by atoms with E-state index in [1.165, 1.54) is 0 Å². The summed E-state index contributed by atoms with van der Waals surface area (Å²) < 4.78 is 5.59. The number of carbonyl (C=O) groups excluding carboxylic acids is 1. The SMILES string of the molecule is CC(Br)C(C)(C)NC(=O)C1CCOc2ccccc21. The van der Waals surface area contributed by atoms with Crippen molar-refractivity contribution < 1.29 is 9.53 Å². The van der Waals surface area contributed by atoms with Crippen LogP contribution in [-0.2, 0) is 4.79 Å². The zero-order chi connectivity index (χ0) is 14.0. The molecule has 0 aliphatic carbocycles. The fraction of sp³-hybridized carbons (Fsp3) is 0.533. The number of halogens is 1. The third-order valence-corrected chi connectivity index (χ3v) is 4.86. The van der Waals surface area contributed by atoms with E-state index in [4.69, 9.17) is 4.74 Å². The summed E-state index contributed by atoms with van der Waals surface area (Å²) in [5, 5.41) is 3.12. The molecule has 2 atom stereocenters. The van der Waals surface area contributed by atoms with Crippen molar-refractivity contribution in [3.05, 3.63) is 29.8 Å². The highest BCUT2D eigenvalue weighted by molar-refractivity contribution is 9.09. The van der Waals surface area contributed by atoms with E-state index >= 15 is 0 Å². The fourth-order valence-corrected chi connectivity index (χ4v) is 2.23. The number of hydrogen-bond donors (Lipinski definition) is 1. The van der Waals surface area contributed by atoms with E-state index in [1.54, 1.807) is 0 Å². The smallest absolute Gasteiger partial charge is 0.228 e. The zero-order valence-corrected chi connectivity index (χ0v) is 13.2. The van der Waals surface area contributed by atoms with E-state index in [2.05, 4.69) is 21.2 Å². The third kappa shape index (κ3) is 3.11. The molecule has 1 aromatic carbocycles. The van der Waals surface area contributed by atoms with Crippen LogP contribution in [-0.4, -0.2) is 22.9 Å². The summed E-state index contributed by atoms with van der Waals surface area (Å²) in [6, 6.07) is 7.78. The van der Waals surface area contributed by atoms with Crippen LogP contribution in [0.5, 0.6) is 5.75 Å². The van der Waals surface area contributed by atoms with Crippen LogP contribution in [0.4, 0.5) is 0 Å². The number of hydrogen-bond acceptors (Lipinski definition) is 2. The molecular weight excluding hydrogens is 306 g/mol. The number of para-hydroxylation sites is 1. The Hall–Kier alpha value is -1.03. The number of nitrogens with one attached hydrogen (secondary N) is 1. The summed E-state index contributed by atoms with van der Waals surface area (Å²) in [7, 11) is 0. The molecule has 0 spiro atoms. The summed E-state index contributed by atoms with van der Waals surface area (Å²) in [5.41, 5.74) is 0.717. The Bertz CT molecular complexity index is 471. The molecule has 0 aromatic heterocycles. The van der Waals surface area contributed by atoms with E-state index < -0.39 is 0 Å². The molecule has 0 saturated heterocycles. The Morgan fingerprint density at radius 2 is 2.16 bits per heavy atom. The Kier molecular flexibility index (Phi) is 4.19. The summed E-state index contributed by atoms with van der Waals surface area (Å²) in [6.07, 6.45) is 0.732. The van der Waals surface area contributed by atoms with E-state index in [0.29, 0.717) is 6.61 Å². The maximum absolute atomic E-state index is 12.5. The third-order valence-electron chi connectivity index (χ3n) is 3.71. The minimum atomic E-state index is -0.273. The average Bonchev–Trinajstić information content (AvgIpc) is 2.37. The van der Waals surface area contributed by atoms with Gasteiger partial charge < -0.3 is 10.1 Å². The molecule has 0 bridgehead atoms. The second-order valence-corrected chi connectivity index (χ2v) is 6.93. The molecule has 104 valence electrons. The maximum Gasteiger partial charge on any atom is 0.228 e. The Labute approximate surface area is 122 Å². The van der Waals surface area contributed by atoms with Gasteiger partial charge in [0.1, 0.15) is 5.75 Å². The molecule has 1 aliphatic heterocycles. The highest BCUT2D eigenvalue weighted by Gasteiger charge is 2.32. The predicted molar refractivity (Wildman–Crippen MR) is 79.9 cm³/mol. The molecule has 0 radical (unpaired) electrons. The predicted octanol–water partition coefficient (Wildman–Crippen LogP) is 3.23. The quantitative estimate of drug-likeness (QED) is 0.866. The van der Waals surface area contributed by atoms with Gasteiger partial charge >= 0.3 is 0 Å². The van der Waals surface area contributed by atoms with Gasteiger partial charge in [-0.15, -0.1) is 0 Å². The number of fused-ring (bicyclic) bond motifs is 1. The fourth-order valence-electron chi connectivity index (χ4n) is 2.12. The molecule has 0 saturated carbocycles. The molecule has 19 heavy (non-hydrogen) atoms. The van der Waals surface area contributed by atoms with E-state index in [1.807, 2.05) is 45.0 Å². The Morgan fingerprint density at radius 1 is 1.47 bits per heavy atom. The van der Waals surface area contributed by atoms with Gasteiger partial charge in [0.05, 0.1) is 12.5 Å². The molecule has 1 aromatic rings. The highest BCUT2D eigenvalue weighted by atomic mass is 79.9. The van der Waals surface area contributed by atoms with Crippen molar-refractivity contribution in [1.29, 1.82) is 0 Å². The standard InChI is InChI=1S/C15H20BrNO2/c1-10(16)15(2,3)17-14(18)12-8-9-19-13-7-5-4-6-11(12)13/h4-7,10,12H,8-9H2,1-3H3,(H,17,18).